The van der Waals surface area contributed by atoms with Gasteiger partial charge in [0.25, 0.3) is 0 Å². The molecule has 1 heterocycles. The van der Waals surface area contributed by atoms with Crippen LogP contribution in [0.25, 0.3) is 0 Å². The van der Waals surface area contributed by atoms with E-state index in [2.05, 4.69) is 12.2 Å². The van der Waals surface area contributed by atoms with Crippen molar-refractivity contribution in [1.29, 1.82) is 0 Å². The van der Waals surface area contributed by atoms with Crippen molar-refractivity contribution < 1.29 is 14.7 Å². The summed E-state index contributed by atoms with van der Waals surface area (Å²) in [5.41, 5.74) is -0.754. The number of hydrogen-bond donors (Lipinski definition) is 2. The summed E-state index contributed by atoms with van der Waals surface area (Å²) < 4.78 is 0. The molecule has 0 unspecified atom stereocenters. The van der Waals surface area contributed by atoms with Crippen LogP contribution in [0.5, 0.6) is 0 Å². The van der Waals surface area contributed by atoms with Crippen molar-refractivity contribution in [3.05, 3.63) is 0 Å². The van der Waals surface area contributed by atoms with Gasteiger partial charge < -0.3 is 15.3 Å². The number of aliphatic hydroxyl groups is 1. The zero-order valence-corrected chi connectivity index (χ0v) is 12.4. The van der Waals surface area contributed by atoms with Crippen molar-refractivity contribution in [1.82, 2.24) is 10.2 Å². The fraction of sp³-hybridized carbons (Fsp3) is 0.867. The predicted octanol–water partition coefficient (Wildman–Crippen LogP) is 1.06. The van der Waals surface area contributed by atoms with Gasteiger partial charge in [-0.05, 0) is 38.0 Å². The van der Waals surface area contributed by atoms with Crippen molar-refractivity contribution in [2.24, 2.45) is 5.92 Å². The molecule has 114 valence electrons. The molecule has 2 fully saturated rings. The van der Waals surface area contributed by atoms with Gasteiger partial charge in [-0.25, -0.2) is 0 Å². The molecule has 2 N–H and O–H groups in total. The Kier molecular flexibility index (Phi) is 5.02. The maximum absolute atomic E-state index is 11.8. The molecular weight excluding hydrogens is 256 g/mol. The molecule has 0 aromatic rings. The lowest BCUT2D eigenvalue weighted by Gasteiger charge is -2.36. The largest absolute Gasteiger partial charge is 0.388 e. The van der Waals surface area contributed by atoms with Gasteiger partial charge in [-0.15, -0.1) is 0 Å². The normalized spacial score (nSPS) is 30.6. The molecule has 0 atom stereocenters. The Hall–Kier alpha value is -1.10. The van der Waals surface area contributed by atoms with Crippen molar-refractivity contribution in [2.45, 2.75) is 57.5 Å². The second-order valence-corrected chi connectivity index (χ2v) is 6.27. The molecule has 0 bridgehead atoms. The molecule has 0 aromatic carbocycles. The van der Waals surface area contributed by atoms with E-state index < -0.39 is 5.60 Å². The minimum Gasteiger partial charge on any atom is -0.388 e. The number of nitrogens with zero attached hydrogens (tertiary/aromatic N) is 1. The highest BCUT2D eigenvalue weighted by Crippen LogP contribution is 2.33. The second-order valence-electron chi connectivity index (χ2n) is 6.27. The number of amides is 2. The van der Waals surface area contributed by atoms with Crippen LogP contribution in [0.1, 0.15) is 51.9 Å². The number of hydrogen-bond acceptors (Lipinski definition) is 3. The van der Waals surface area contributed by atoms with Crippen LogP contribution in [-0.4, -0.2) is 47.1 Å². The van der Waals surface area contributed by atoms with Gasteiger partial charge >= 0.3 is 0 Å². The van der Waals surface area contributed by atoms with E-state index >= 15 is 0 Å². The van der Waals surface area contributed by atoms with E-state index in [0.717, 1.165) is 32.1 Å². The average molecular weight is 282 g/mol. The van der Waals surface area contributed by atoms with Gasteiger partial charge in [-0.3, -0.25) is 9.59 Å². The Labute approximate surface area is 120 Å². The molecule has 2 aliphatic rings. The molecule has 5 nitrogen and oxygen atoms in total. The summed E-state index contributed by atoms with van der Waals surface area (Å²) in [5.74, 6) is 0.613. The first-order chi connectivity index (χ1) is 9.52. The Morgan fingerprint density at radius 1 is 1.45 bits per heavy atom. The summed E-state index contributed by atoms with van der Waals surface area (Å²) >= 11 is 0. The number of rotatable bonds is 5. The maximum Gasteiger partial charge on any atom is 0.239 e. The summed E-state index contributed by atoms with van der Waals surface area (Å²) in [4.78, 5) is 24.9. The standard InChI is InChI=1S/C15H26N2O3/c1-2-12-5-7-15(20,8-6-12)11-16-13(18)10-17-9-3-4-14(17)19/h12,20H,2-11H2,1H3,(H,16,18). The Bertz CT molecular complexity index is 362. The molecule has 1 saturated carbocycles. The van der Waals surface area contributed by atoms with Crippen LogP contribution >= 0.6 is 0 Å². The van der Waals surface area contributed by atoms with Gasteiger partial charge in [0.1, 0.15) is 0 Å². The monoisotopic (exact) mass is 282 g/mol. The van der Waals surface area contributed by atoms with E-state index in [0.29, 0.717) is 25.4 Å². The summed E-state index contributed by atoms with van der Waals surface area (Å²) in [6.45, 7) is 3.30. The third-order valence-corrected chi connectivity index (χ3v) is 4.73. The number of carbonyl (C=O) groups excluding carboxylic acids is 2. The lowest BCUT2D eigenvalue weighted by atomic mass is 9.78. The second kappa shape index (κ2) is 6.57. The van der Waals surface area contributed by atoms with Crippen LogP contribution in [0.4, 0.5) is 0 Å². The predicted molar refractivity (Wildman–Crippen MR) is 76.0 cm³/mol. The minimum atomic E-state index is -0.754. The molecule has 20 heavy (non-hydrogen) atoms. The molecule has 0 spiro atoms. The molecule has 1 aliphatic heterocycles. The van der Waals surface area contributed by atoms with Crippen LogP contribution in [-0.2, 0) is 9.59 Å². The van der Waals surface area contributed by atoms with Crippen molar-refractivity contribution >= 4 is 11.8 Å². The lowest BCUT2D eigenvalue weighted by molar-refractivity contribution is -0.133. The lowest BCUT2D eigenvalue weighted by Crippen LogP contribution is -2.47. The van der Waals surface area contributed by atoms with Gasteiger partial charge in [-0.2, -0.15) is 0 Å². The van der Waals surface area contributed by atoms with E-state index in [9.17, 15) is 14.7 Å². The Morgan fingerprint density at radius 3 is 2.70 bits per heavy atom. The topological polar surface area (TPSA) is 69.6 Å². The van der Waals surface area contributed by atoms with Crippen LogP contribution in [0, 0.1) is 5.92 Å². The molecule has 2 amide bonds. The fourth-order valence-electron chi connectivity index (χ4n) is 3.16. The smallest absolute Gasteiger partial charge is 0.239 e. The van der Waals surface area contributed by atoms with E-state index in [1.807, 2.05) is 0 Å². The van der Waals surface area contributed by atoms with Crippen molar-refractivity contribution in [3.8, 4) is 0 Å². The summed E-state index contributed by atoms with van der Waals surface area (Å²) in [6, 6.07) is 0. The average Bonchev–Trinajstić information content (AvgIpc) is 2.83. The van der Waals surface area contributed by atoms with Crippen LogP contribution in [0.15, 0.2) is 0 Å². The van der Waals surface area contributed by atoms with E-state index in [1.54, 1.807) is 4.90 Å². The van der Waals surface area contributed by atoms with Gasteiger partial charge in [0.15, 0.2) is 0 Å². The van der Waals surface area contributed by atoms with E-state index in [1.165, 1.54) is 6.42 Å². The highest BCUT2D eigenvalue weighted by Gasteiger charge is 2.33. The first-order valence-corrected chi connectivity index (χ1v) is 7.79. The molecule has 0 radical (unpaired) electrons. The quantitative estimate of drug-likeness (QED) is 0.792. The van der Waals surface area contributed by atoms with E-state index in [4.69, 9.17) is 0 Å². The Balaban J connectivity index is 1.71. The Morgan fingerprint density at radius 2 is 2.15 bits per heavy atom. The van der Waals surface area contributed by atoms with Gasteiger partial charge in [0.2, 0.25) is 11.8 Å². The highest BCUT2D eigenvalue weighted by atomic mass is 16.3. The number of likely N-dealkylation sites (tertiary alicyclic amines) is 1. The molecule has 1 aliphatic carbocycles. The minimum absolute atomic E-state index is 0.0577. The maximum atomic E-state index is 11.8. The number of carbonyl (C=O) groups is 2. The van der Waals surface area contributed by atoms with E-state index in [-0.39, 0.29) is 18.4 Å². The summed E-state index contributed by atoms with van der Waals surface area (Å²) in [5, 5.41) is 13.2. The zero-order valence-electron chi connectivity index (χ0n) is 12.4. The van der Waals surface area contributed by atoms with Crippen LogP contribution in [0.3, 0.4) is 0 Å². The van der Waals surface area contributed by atoms with Crippen molar-refractivity contribution in [3.63, 3.8) is 0 Å². The summed E-state index contributed by atoms with van der Waals surface area (Å²) in [6.07, 6.45) is 6.15. The van der Waals surface area contributed by atoms with Crippen molar-refractivity contribution in [2.75, 3.05) is 19.6 Å². The highest BCUT2D eigenvalue weighted by molar-refractivity contribution is 5.85. The molecule has 5 heteroatoms. The molecule has 2 rings (SSSR count). The zero-order chi connectivity index (χ0) is 14.6. The van der Waals surface area contributed by atoms with Gasteiger partial charge in [0.05, 0.1) is 12.1 Å². The third-order valence-electron chi connectivity index (χ3n) is 4.73. The summed E-state index contributed by atoms with van der Waals surface area (Å²) in [7, 11) is 0. The van der Waals surface area contributed by atoms with Gasteiger partial charge in [0, 0.05) is 19.5 Å². The molecule has 0 aromatic heterocycles. The molecular formula is C15H26N2O3. The first-order valence-electron chi connectivity index (χ1n) is 7.79. The first kappa shape index (κ1) is 15.3. The number of nitrogens with one attached hydrogen (secondary N) is 1. The van der Waals surface area contributed by atoms with Gasteiger partial charge in [-0.1, -0.05) is 13.3 Å². The van der Waals surface area contributed by atoms with Crippen LogP contribution < -0.4 is 5.32 Å². The van der Waals surface area contributed by atoms with Crippen LogP contribution in [0.2, 0.25) is 0 Å². The molecule has 1 saturated heterocycles. The third kappa shape index (κ3) is 3.95. The fourth-order valence-corrected chi connectivity index (χ4v) is 3.16. The SMILES string of the molecule is CCC1CCC(O)(CNC(=O)CN2CCCC2=O)CC1.